The van der Waals surface area contributed by atoms with E-state index >= 15 is 0 Å². The molecule has 9 heteroatoms. The predicted molar refractivity (Wildman–Crippen MR) is 194 cm³/mol. The molecule has 0 spiro atoms. The van der Waals surface area contributed by atoms with Crippen molar-refractivity contribution in [3.63, 3.8) is 0 Å². The molecular weight excluding hydrogens is 621 g/mol. The van der Waals surface area contributed by atoms with Crippen molar-refractivity contribution < 1.29 is 0 Å². The molecule has 0 aliphatic carbocycles. The van der Waals surface area contributed by atoms with Crippen LogP contribution in [0.5, 0.6) is 0 Å². The monoisotopic (exact) mass is 648 g/mol. The van der Waals surface area contributed by atoms with Crippen LogP contribution in [0.2, 0.25) is 0 Å². The average Bonchev–Trinajstić information content (AvgIpc) is 3.20. The molecule has 0 unspecified atom stereocenters. The molecule has 8 aromatic heterocycles. The Balaban J connectivity index is 1.47. The van der Waals surface area contributed by atoms with Crippen molar-refractivity contribution in [3.8, 4) is 44.9 Å². The highest BCUT2D eigenvalue weighted by Gasteiger charge is 2.44. The van der Waals surface area contributed by atoms with E-state index in [1.807, 2.05) is 116 Å². The van der Waals surface area contributed by atoms with Crippen LogP contribution in [0.25, 0.3) is 44.9 Å². The second-order valence-corrected chi connectivity index (χ2v) is 15.3. The Morgan fingerprint density at radius 2 is 0.673 bits per heavy atom. The topological polar surface area (TPSA) is 103 Å². The summed E-state index contributed by atoms with van der Waals surface area (Å²) in [4.78, 5) is 37.6. The summed E-state index contributed by atoms with van der Waals surface area (Å²) in [5.41, 5.74) is 7.25. The lowest BCUT2D eigenvalue weighted by Gasteiger charge is -2.34. The zero-order valence-corrected chi connectivity index (χ0v) is 27.2. The number of hydrogen-bond donors (Lipinski definition) is 0. The first-order chi connectivity index (χ1) is 24.3. The van der Waals surface area contributed by atoms with Gasteiger partial charge in [-0.05, 0) is 93.0 Å². The van der Waals surface area contributed by atoms with Gasteiger partial charge < -0.3 is 0 Å². The van der Waals surface area contributed by atoms with Gasteiger partial charge in [0.25, 0.3) is 0 Å². The van der Waals surface area contributed by atoms with Crippen molar-refractivity contribution in [1.82, 2.24) is 39.9 Å². The number of rotatable bonds is 8. The van der Waals surface area contributed by atoms with E-state index in [2.05, 4.69) is 44.2 Å². The molecule has 49 heavy (non-hydrogen) atoms. The van der Waals surface area contributed by atoms with E-state index < -0.39 is 8.07 Å². The van der Waals surface area contributed by atoms with Crippen molar-refractivity contribution >= 4 is 28.8 Å². The van der Waals surface area contributed by atoms with Crippen LogP contribution >= 0.6 is 0 Å². The van der Waals surface area contributed by atoms with Gasteiger partial charge in [0, 0.05) is 103 Å². The van der Waals surface area contributed by atoms with Crippen molar-refractivity contribution in [3.05, 3.63) is 172 Å². The molecule has 0 saturated heterocycles. The maximum Gasteiger partial charge on any atom is 0.185 e. The second-order valence-electron chi connectivity index (χ2n) is 11.5. The van der Waals surface area contributed by atoms with Gasteiger partial charge in [-0.3, -0.25) is 39.9 Å². The Kier molecular flexibility index (Phi) is 8.07. The Morgan fingerprint density at radius 3 is 1.04 bits per heavy atom. The summed E-state index contributed by atoms with van der Waals surface area (Å²) in [6.07, 6.45) is 24.4. The van der Waals surface area contributed by atoms with Crippen LogP contribution in [0.15, 0.2) is 172 Å². The molecule has 0 aromatic carbocycles. The lowest BCUT2D eigenvalue weighted by molar-refractivity contribution is 1.27. The van der Waals surface area contributed by atoms with Crippen LogP contribution < -0.4 is 20.7 Å². The van der Waals surface area contributed by atoms with E-state index in [1.165, 1.54) is 0 Å². The molecule has 0 N–H and O–H groups in total. The number of hydrogen-bond acceptors (Lipinski definition) is 8. The van der Waals surface area contributed by atoms with E-state index in [4.69, 9.17) is 19.9 Å². The fourth-order valence-electron chi connectivity index (χ4n) is 6.30. The van der Waals surface area contributed by atoms with Crippen LogP contribution in [-0.4, -0.2) is 47.9 Å². The first-order valence-electron chi connectivity index (χ1n) is 15.8. The molecule has 232 valence electrons. The fourth-order valence-corrected chi connectivity index (χ4v) is 10.9. The van der Waals surface area contributed by atoms with Crippen molar-refractivity contribution in [2.24, 2.45) is 0 Å². The van der Waals surface area contributed by atoms with Crippen LogP contribution in [0.4, 0.5) is 0 Å². The highest BCUT2D eigenvalue weighted by molar-refractivity contribution is 7.19. The molecule has 0 saturated carbocycles. The Morgan fingerprint density at radius 1 is 0.306 bits per heavy atom. The smallest absolute Gasteiger partial charge is 0.185 e. The quantitative estimate of drug-likeness (QED) is 0.215. The van der Waals surface area contributed by atoms with E-state index in [-0.39, 0.29) is 0 Å². The number of aromatic nitrogens is 8. The molecule has 0 fully saturated rings. The molecule has 8 rings (SSSR count). The molecule has 0 radical (unpaired) electrons. The minimum Gasteiger partial charge on any atom is -0.265 e. The van der Waals surface area contributed by atoms with Crippen molar-refractivity contribution in [2.75, 3.05) is 0 Å². The van der Waals surface area contributed by atoms with Crippen LogP contribution in [0.1, 0.15) is 0 Å². The van der Waals surface area contributed by atoms with Crippen molar-refractivity contribution in [2.45, 2.75) is 0 Å². The molecular formula is C40H28N8Si. The van der Waals surface area contributed by atoms with E-state index in [1.54, 1.807) is 31.0 Å². The summed E-state index contributed by atoms with van der Waals surface area (Å²) in [6, 6.07) is 30.6. The summed E-state index contributed by atoms with van der Waals surface area (Å²) >= 11 is 0. The van der Waals surface area contributed by atoms with Gasteiger partial charge in [0.05, 0.1) is 17.1 Å². The summed E-state index contributed by atoms with van der Waals surface area (Å²) in [6.45, 7) is 0. The molecule has 0 aliphatic rings. The summed E-state index contributed by atoms with van der Waals surface area (Å²) in [7, 11) is -3.31. The SMILES string of the molecule is c1ccc(-c2cncc([Si](c3cncc(-c4ccncc4)c3)(c3cncc(-c4ccccn4)c3)c3cncc(-c4ccccn4)c3)c2)nc1. The number of nitrogens with zero attached hydrogens (tertiary/aromatic N) is 8. The average molecular weight is 649 g/mol. The van der Waals surface area contributed by atoms with Gasteiger partial charge in [0.1, 0.15) is 0 Å². The highest BCUT2D eigenvalue weighted by atomic mass is 28.3. The Bertz CT molecular complexity index is 2000. The van der Waals surface area contributed by atoms with E-state index in [0.717, 1.165) is 65.6 Å². The molecule has 8 nitrogen and oxygen atoms in total. The lowest BCUT2D eigenvalue weighted by atomic mass is 10.1. The molecule has 0 aliphatic heterocycles. The fraction of sp³-hybridized carbons (Fsp3) is 0. The summed E-state index contributed by atoms with van der Waals surface area (Å²) in [5, 5.41) is 4.14. The number of pyridine rings is 8. The van der Waals surface area contributed by atoms with Crippen LogP contribution in [0, 0.1) is 0 Å². The van der Waals surface area contributed by atoms with Crippen molar-refractivity contribution in [1.29, 1.82) is 0 Å². The predicted octanol–water partition coefficient (Wildman–Crippen LogP) is 4.89. The third-order valence-electron chi connectivity index (χ3n) is 8.58. The van der Waals surface area contributed by atoms with Crippen LogP contribution in [0.3, 0.4) is 0 Å². The van der Waals surface area contributed by atoms with Gasteiger partial charge >= 0.3 is 0 Å². The molecule has 0 atom stereocenters. The van der Waals surface area contributed by atoms with Crippen LogP contribution in [-0.2, 0) is 0 Å². The van der Waals surface area contributed by atoms with E-state index in [0.29, 0.717) is 0 Å². The Hall–Kier alpha value is -6.58. The largest absolute Gasteiger partial charge is 0.265 e. The van der Waals surface area contributed by atoms with Gasteiger partial charge in [-0.25, -0.2) is 0 Å². The third kappa shape index (κ3) is 5.79. The normalized spacial score (nSPS) is 11.3. The third-order valence-corrected chi connectivity index (χ3v) is 13.1. The minimum absolute atomic E-state index is 0.837. The Labute approximate surface area is 284 Å². The standard InChI is InChI=1S/C40H28N8Si/c1-4-12-46-38(7-1)31-18-35(26-43-22-31)49(34-17-30(21-42-25-34)29-10-15-41-16-11-29,36-19-32(23-44-27-36)39-8-2-5-13-47-39)37-20-33(24-45-28-37)40-9-3-6-14-48-40/h1-28H. The van der Waals surface area contributed by atoms with Gasteiger partial charge in [0.2, 0.25) is 0 Å². The minimum atomic E-state index is -3.31. The zero-order valence-electron chi connectivity index (χ0n) is 26.2. The molecule has 0 bridgehead atoms. The zero-order chi connectivity index (χ0) is 32.9. The highest BCUT2D eigenvalue weighted by Crippen LogP contribution is 2.22. The van der Waals surface area contributed by atoms with E-state index in [9.17, 15) is 0 Å². The van der Waals surface area contributed by atoms with Gasteiger partial charge in [-0.15, -0.1) is 0 Å². The summed E-state index contributed by atoms with van der Waals surface area (Å²) < 4.78 is 0. The first kappa shape index (κ1) is 29.8. The maximum absolute atomic E-state index is 4.86. The van der Waals surface area contributed by atoms with Gasteiger partial charge in [0.15, 0.2) is 8.07 Å². The van der Waals surface area contributed by atoms with Gasteiger partial charge in [-0.2, -0.15) is 0 Å². The maximum atomic E-state index is 4.86. The molecule has 0 amide bonds. The lowest BCUT2D eigenvalue weighted by Crippen LogP contribution is -2.75. The molecule has 8 aromatic rings. The summed E-state index contributed by atoms with van der Waals surface area (Å²) in [5.74, 6) is 0. The first-order valence-corrected chi connectivity index (χ1v) is 17.8. The van der Waals surface area contributed by atoms with Gasteiger partial charge in [-0.1, -0.05) is 24.3 Å². The molecule has 8 heterocycles. The second kappa shape index (κ2) is 13.3.